The minimum Gasteiger partial charge on any atom is -0.383 e. The first kappa shape index (κ1) is 7.90. The normalized spacial score (nSPS) is 10.2. The molecule has 0 unspecified atom stereocenters. The van der Waals surface area contributed by atoms with E-state index in [9.17, 15) is 0 Å². The maximum absolute atomic E-state index is 8.68. The topological polar surface area (TPSA) is 67.1 Å². The van der Waals surface area contributed by atoms with Gasteiger partial charge in [-0.15, -0.1) is 0 Å². The van der Waals surface area contributed by atoms with Crippen LogP contribution in [-0.2, 0) is 0 Å². The lowest BCUT2D eigenvalue weighted by Crippen LogP contribution is -1.93. The summed E-state index contributed by atoms with van der Waals surface area (Å²) in [6, 6.07) is 3.57. The Balaban J connectivity index is 2.85. The van der Waals surface area contributed by atoms with Gasteiger partial charge in [0.05, 0.1) is 16.8 Å². The summed E-state index contributed by atoms with van der Waals surface area (Å²) in [5, 5.41) is 9.06. The second kappa shape index (κ2) is 2.64. The highest BCUT2D eigenvalue weighted by atomic mass is 35.5. The summed E-state index contributed by atoms with van der Waals surface area (Å²) < 4.78 is 1.63. The number of hydrogen-bond donors (Lipinski definition) is 1. The van der Waals surface area contributed by atoms with Crippen molar-refractivity contribution in [3.05, 3.63) is 29.0 Å². The molecule has 0 radical (unpaired) electrons. The molecule has 0 fully saturated rings. The van der Waals surface area contributed by atoms with Gasteiger partial charge in [-0.3, -0.25) is 4.40 Å². The lowest BCUT2D eigenvalue weighted by Gasteiger charge is -1.98. The van der Waals surface area contributed by atoms with Crippen LogP contribution in [0.4, 0.5) is 5.82 Å². The maximum Gasteiger partial charge on any atom is 0.139 e. The highest BCUT2D eigenvalue weighted by Gasteiger charge is 2.04. The Kier molecular flexibility index (Phi) is 1.61. The predicted molar refractivity (Wildman–Crippen MR) is 49.3 cm³/mol. The number of pyridine rings is 1. The third-order valence-electron chi connectivity index (χ3n) is 1.75. The van der Waals surface area contributed by atoms with Crippen molar-refractivity contribution in [2.24, 2.45) is 0 Å². The lowest BCUT2D eigenvalue weighted by atomic mass is 10.3. The molecule has 0 amide bonds. The van der Waals surface area contributed by atoms with Crippen molar-refractivity contribution in [3.63, 3.8) is 0 Å². The summed E-state index contributed by atoms with van der Waals surface area (Å²) in [5.41, 5.74) is 6.62. The number of anilines is 1. The first-order valence-corrected chi connectivity index (χ1v) is 3.92. The zero-order valence-electron chi connectivity index (χ0n) is 6.53. The van der Waals surface area contributed by atoms with Crippen molar-refractivity contribution < 1.29 is 0 Å². The van der Waals surface area contributed by atoms with Crippen LogP contribution in [0.2, 0.25) is 5.02 Å². The highest BCUT2D eigenvalue weighted by Crippen LogP contribution is 2.18. The van der Waals surface area contributed by atoms with E-state index in [4.69, 9.17) is 22.6 Å². The van der Waals surface area contributed by atoms with E-state index in [-0.39, 0.29) is 0 Å². The fourth-order valence-corrected chi connectivity index (χ4v) is 1.30. The number of hydrogen-bond acceptors (Lipinski definition) is 3. The first-order chi connectivity index (χ1) is 6.22. The lowest BCUT2D eigenvalue weighted by molar-refractivity contribution is 1.19. The van der Waals surface area contributed by atoms with Crippen molar-refractivity contribution in [2.75, 3.05) is 5.73 Å². The summed E-state index contributed by atoms with van der Waals surface area (Å²) >= 11 is 5.81. The Morgan fingerprint density at radius 1 is 1.62 bits per heavy atom. The predicted octanol–water partition coefficient (Wildman–Crippen LogP) is 1.44. The zero-order valence-corrected chi connectivity index (χ0v) is 7.28. The molecule has 0 aliphatic heterocycles. The molecule has 0 aromatic carbocycles. The first-order valence-electron chi connectivity index (χ1n) is 3.54. The summed E-state index contributed by atoms with van der Waals surface area (Å²) in [4.78, 5) is 4.00. The van der Waals surface area contributed by atoms with Gasteiger partial charge in [0.1, 0.15) is 17.5 Å². The number of nitrogens with zero attached hydrogens (tertiary/aromatic N) is 3. The second-order valence-electron chi connectivity index (χ2n) is 2.56. The van der Waals surface area contributed by atoms with Crippen LogP contribution in [0.3, 0.4) is 0 Å². The van der Waals surface area contributed by atoms with E-state index >= 15 is 0 Å². The molecular formula is C8H5ClN4. The molecule has 0 bridgehead atoms. The van der Waals surface area contributed by atoms with Gasteiger partial charge in [0.2, 0.25) is 0 Å². The van der Waals surface area contributed by atoms with E-state index in [1.807, 2.05) is 6.07 Å². The molecule has 0 aliphatic rings. The Morgan fingerprint density at radius 2 is 2.38 bits per heavy atom. The largest absolute Gasteiger partial charge is 0.383 e. The molecule has 0 saturated heterocycles. The molecule has 4 nitrogen and oxygen atoms in total. The minimum absolute atomic E-state index is 0.375. The quantitative estimate of drug-likeness (QED) is 0.687. The smallest absolute Gasteiger partial charge is 0.139 e. The summed E-state index contributed by atoms with van der Waals surface area (Å²) in [6.07, 6.45) is 3.10. The molecule has 13 heavy (non-hydrogen) atoms. The average Bonchev–Trinajstić information content (AvgIpc) is 2.47. The number of nitrogen functional groups attached to an aromatic ring is 1. The van der Waals surface area contributed by atoms with Crippen molar-refractivity contribution in [1.29, 1.82) is 5.26 Å². The summed E-state index contributed by atoms with van der Waals surface area (Å²) in [5.74, 6) is 0.501. The highest BCUT2D eigenvalue weighted by molar-refractivity contribution is 6.31. The third kappa shape index (κ3) is 1.10. The van der Waals surface area contributed by atoms with Crippen LogP contribution in [-0.4, -0.2) is 9.38 Å². The fourth-order valence-electron chi connectivity index (χ4n) is 1.10. The van der Waals surface area contributed by atoms with Crippen LogP contribution in [0.1, 0.15) is 5.56 Å². The van der Waals surface area contributed by atoms with Crippen LogP contribution in [0, 0.1) is 11.3 Å². The number of nitriles is 1. The Morgan fingerprint density at radius 3 is 3.08 bits per heavy atom. The summed E-state index contributed by atoms with van der Waals surface area (Å²) in [6.45, 7) is 0. The van der Waals surface area contributed by atoms with Crippen molar-refractivity contribution in [2.45, 2.75) is 0 Å². The molecule has 2 rings (SSSR count). The van der Waals surface area contributed by atoms with Crippen LogP contribution in [0.25, 0.3) is 5.65 Å². The second-order valence-corrected chi connectivity index (χ2v) is 2.97. The average molecular weight is 193 g/mol. The van der Waals surface area contributed by atoms with Gasteiger partial charge in [-0.2, -0.15) is 5.26 Å². The molecule has 0 saturated carbocycles. The Bertz CT molecular complexity index is 509. The third-order valence-corrected chi connectivity index (χ3v) is 2.05. The van der Waals surface area contributed by atoms with Gasteiger partial charge in [-0.1, -0.05) is 11.6 Å². The Hall–Kier alpha value is -1.73. The van der Waals surface area contributed by atoms with Crippen molar-refractivity contribution >= 4 is 23.1 Å². The van der Waals surface area contributed by atoms with E-state index in [1.165, 1.54) is 6.20 Å². The summed E-state index contributed by atoms with van der Waals surface area (Å²) in [7, 11) is 0. The van der Waals surface area contributed by atoms with E-state index in [2.05, 4.69) is 4.98 Å². The SMILES string of the molecule is N#Cc1cc2ncc(N)n2cc1Cl. The van der Waals surface area contributed by atoms with Crippen LogP contribution in [0.5, 0.6) is 0 Å². The van der Waals surface area contributed by atoms with E-state index in [0.29, 0.717) is 22.1 Å². The number of rotatable bonds is 0. The molecular weight excluding hydrogens is 188 g/mol. The number of aromatic nitrogens is 2. The van der Waals surface area contributed by atoms with Gasteiger partial charge in [-0.25, -0.2) is 4.98 Å². The van der Waals surface area contributed by atoms with Crippen molar-refractivity contribution in [3.8, 4) is 6.07 Å². The van der Waals surface area contributed by atoms with Crippen LogP contribution in [0.15, 0.2) is 18.5 Å². The van der Waals surface area contributed by atoms with Crippen LogP contribution >= 0.6 is 11.6 Å². The van der Waals surface area contributed by atoms with Gasteiger partial charge in [0.25, 0.3) is 0 Å². The molecule has 0 atom stereocenters. The molecule has 0 spiro atoms. The molecule has 2 N–H and O–H groups in total. The van der Waals surface area contributed by atoms with Gasteiger partial charge in [0, 0.05) is 12.3 Å². The number of imidazole rings is 1. The van der Waals surface area contributed by atoms with E-state index in [1.54, 1.807) is 16.7 Å². The number of halogens is 1. The molecule has 64 valence electrons. The molecule has 0 aliphatic carbocycles. The molecule has 5 heteroatoms. The zero-order chi connectivity index (χ0) is 9.42. The van der Waals surface area contributed by atoms with E-state index in [0.717, 1.165) is 0 Å². The minimum atomic E-state index is 0.375. The fraction of sp³-hybridized carbons (Fsp3) is 0. The maximum atomic E-state index is 8.68. The molecule has 2 heterocycles. The molecule has 2 aromatic heterocycles. The van der Waals surface area contributed by atoms with Gasteiger partial charge in [-0.05, 0) is 0 Å². The van der Waals surface area contributed by atoms with E-state index < -0.39 is 0 Å². The standard InChI is InChI=1S/C8H5ClN4/c9-6-4-13-7(11)3-12-8(13)1-5(6)2-10/h1,3-4H,11H2. The van der Waals surface area contributed by atoms with Crippen molar-refractivity contribution in [1.82, 2.24) is 9.38 Å². The van der Waals surface area contributed by atoms with Gasteiger partial charge >= 0.3 is 0 Å². The van der Waals surface area contributed by atoms with Gasteiger partial charge in [0.15, 0.2) is 0 Å². The number of nitrogens with two attached hydrogens (primary N) is 1. The monoisotopic (exact) mass is 192 g/mol. The molecule has 2 aromatic rings. The van der Waals surface area contributed by atoms with Gasteiger partial charge < -0.3 is 5.73 Å². The Labute approximate surface area is 79.2 Å². The van der Waals surface area contributed by atoms with Crippen LogP contribution < -0.4 is 5.73 Å². The number of fused-ring (bicyclic) bond motifs is 1.